The van der Waals surface area contributed by atoms with Gasteiger partial charge in [0.1, 0.15) is 0 Å². The Labute approximate surface area is 78.4 Å². The Morgan fingerprint density at radius 3 is 2.54 bits per heavy atom. The van der Waals surface area contributed by atoms with Gasteiger partial charge in [-0.25, -0.2) is 4.79 Å². The van der Waals surface area contributed by atoms with Gasteiger partial charge in [-0.3, -0.25) is 0 Å². The number of esters is 1. The van der Waals surface area contributed by atoms with Gasteiger partial charge >= 0.3 is 5.97 Å². The molecule has 1 saturated carbocycles. The van der Waals surface area contributed by atoms with E-state index in [2.05, 4.69) is 16.6 Å². The zero-order valence-electron chi connectivity index (χ0n) is 8.05. The van der Waals surface area contributed by atoms with Crippen molar-refractivity contribution < 1.29 is 14.3 Å². The monoisotopic (exact) mass is 182 g/mol. The van der Waals surface area contributed by atoms with E-state index in [0.717, 1.165) is 12.8 Å². The fraction of sp³-hybridized carbons (Fsp3) is 0.700. The molecule has 3 heteroatoms. The van der Waals surface area contributed by atoms with Gasteiger partial charge in [0.15, 0.2) is 0 Å². The maximum atomic E-state index is 10.7. The summed E-state index contributed by atoms with van der Waals surface area (Å²) >= 11 is 0. The number of methoxy groups -OCH3 is 2. The van der Waals surface area contributed by atoms with Crippen LogP contribution in [0.5, 0.6) is 0 Å². The third kappa shape index (κ3) is 2.46. The van der Waals surface area contributed by atoms with E-state index in [-0.39, 0.29) is 5.60 Å². The molecule has 0 saturated heterocycles. The maximum absolute atomic E-state index is 10.7. The minimum Gasteiger partial charge on any atom is -0.459 e. The minimum absolute atomic E-state index is 0.0823. The summed E-state index contributed by atoms with van der Waals surface area (Å²) in [7, 11) is 3.02. The smallest absolute Gasteiger partial charge is 0.384 e. The number of carbonyl (C=O) groups is 1. The lowest BCUT2D eigenvalue weighted by Crippen LogP contribution is -2.38. The first-order valence-electron chi connectivity index (χ1n) is 4.34. The Kier molecular flexibility index (Phi) is 3.32. The van der Waals surface area contributed by atoms with E-state index in [9.17, 15) is 4.79 Å². The SMILES string of the molecule is COC(=O)C#CCC1(OC)CCC1. The summed E-state index contributed by atoms with van der Waals surface area (Å²) in [6.07, 6.45) is 3.89. The molecular formula is C10H14O3. The first-order valence-corrected chi connectivity index (χ1v) is 4.34. The van der Waals surface area contributed by atoms with E-state index < -0.39 is 5.97 Å². The first kappa shape index (κ1) is 10.1. The average molecular weight is 182 g/mol. The lowest BCUT2D eigenvalue weighted by atomic mass is 9.78. The Hall–Kier alpha value is -1.01. The number of ether oxygens (including phenoxy) is 2. The van der Waals surface area contributed by atoms with Crippen molar-refractivity contribution in [3.8, 4) is 11.8 Å². The largest absolute Gasteiger partial charge is 0.459 e. The summed E-state index contributed by atoms with van der Waals surface area (Å²) < 4.78 is 9.73. The van der Waals surface area contributed by atoms with E-state index in [0.29, 0.717) is 6.42 Å². The molecule has 0 bridgehead atoms. The van der Waals surface area contributed by atoms with Gasteiger partial charge in [0.05, 0.1) is 12.7 Å². The van der Waals surface area contributed by atoms with Gasteiger partial charge in [-0.2, -0.15) is 0 Å². The lowest BCUT2D eigenvalue weighted by molar-refractivity contribution is -0.133. The van der Waals surface area contributed by atoms with Crippen molar-refractivity contribution in [2.24, 2.45) is 0 Å². The van der Waals surface area contributed by atoms with Crippen LogP contribution < -0.4 is 0 Å². The number of rotatable bonds is 2. The summed E-state index contributed by atoms with van der Waals surface area (Å²) in [5.74, 6) is 4.70. The van der Waals surface area contributed by atoms with Crippen molar-refractivity contribution in [3.05, 3.63) is 0 Å². The average Bonchev–Trinajstić information content (AvgIpc) is 2.09. The number of hydrogen-bond donors (Lipinski definition) is 0. The molecule has 0 aromatic carbocycles. The highest BCUT2D eigenvalue weighted by atomic mass is 16.5. The van der Waals surface area contributed by atoms with Crippen molar-refractivity contribution in [1.82, 2.24) is 0 Å². The van der Waals surface area contributed by atoms with Crippen molar-refractivity contribution in [2.75, 3.05) is 14.2 Å². The number of carbonyl (C=O) groups excluding carboxylic acids is 1. The fourth-order valence-electron chi connectivity index (χ4n) is 1.35. The molecule has 0 aromatic rings. The molecule has 0 heterocycles. The summed E-state index contributed by atoms with van der Waals surface area (Å²) in [6, 6.07) is 0. The molecule has 0 radical (unpaired) electrons. The van der Waals surface area contributed by atoms with Crippen LogP contribution in [-0.2, 0) is 14.3 Å². The van der Waals surface area contributed by atoms with E-state index in [1.807, 2.05) is 0 Å². The van der Waals surface area contributed by atoms with Crippen LogP contribution in [-0.4, -0.2) is 25.8 Å². The molecular weight excluding hydrogens is 168 g/mol. The molecule has 13 heavy (non-hydrogen) atoms. The Morgan fingerprint density at radius 1 is 1.46 bits per heavy atom. The fourth-order valence-corrected chi connectivity index (χ4v) is 1.35. The van der Waals surface area contributed by atoms with E-state index >= 15 is 0 Å². The molecule has 0 N–H and O–H groups in total. The van der Waals surface area contributed by atoms with Crippen molar-refractivity contribution in [1.29, 1.82) is 0 Å². The highest BCUT2D eigenvalue weighted by Gasteiger charge is 2.35. The summed E-state index contributed by atoms with van der Waals surface area (Å²) in [5, 5.41) is 0. The Bertz CT molecular complexity index is 237. The van der Waals surface area contributed by atoms with Gasteiger partial charge in [0, 0.05) is 19.5 Å². The normalized spacial score (nSPS) is 18.0. The zero-order chi connectivity index (χ0) is 9.73. The zero-order valence-corrected chi connectivity index (χ0v) is 8.05. The molecule has 0 atom stereocenters. The molecule has 0 unspecified atom stereocenters. The predicted molar refractivity (Wildman–Crippen MR) is 48.0 cm³/mol. The third-order valence-electron chi connectivity index (χ3n) is 2.48. The van der Waals surface area contributed by atoms with Crippen molar-refractivity contribution in [3.63, 3.8) is 0 Å². The van der Waals surface area contributed by atoms with Crippen LogP contribution in [0.2, 0.25) is 0 Å². The molecule has 0 aliphatic heterocycles. The molecule has 1 aliphatic carbocycles. The highest BCUT2D eigenvalue weighted by molar-refractivity contribution is 5.88. The van der Waals surface area contributed by atoms with Gasteiger partial charge < -0.3 is 9.47 Å². The number of hydrogen-bond acceptors (Lipinski definition) is 3. The van der Waals surface area contributed by atoms with Crippen LogP contribution in [0.1, 0.15) is 25.7 Å². The lowest BCUT2D eigenvalue weighted by Gasteiger charge is -2.38. The molecule has 0 aromatic heterocycles. The van der Waals surface area contributed by atoms with E-state index in [1.165, 1.54) is 13.5 Å². The molecule has 72 valence electrons. The van der Waals surface area contributed by atoms with Gasteiger partial charge in [-0.1, -0.05) is 5.92 Å². The van der Waals surface area contributed by atoms with Crippen LogP contribution >= 0.6 is 0 Å². The van der Waals surface area contributed by atoms with Crippen LogP contribution in [0.3, 0.4) is 0 Å². The van der Waals surface area contributed by atoms with Gasteiger partial charge in [0.25, 0.3) is 0 Å². The minimum atomic E-state index is -0.481. The second-order valence-corrected chi connectivity index (χ2v) is 3.21. The Morgan fingerprint density at radius 2 is 2.15 bits per heavy atom. The van der Waals surface area contributed by atoms with Gasteiger partial charge in [-0.05, 0) is 19.3 Å². The summed E-state index contributed by atoms with van der Waals surface area (Å²) in [4.78, 5) is 10.7. The quantitative estimate of drug-likeness (QED) is 0.365. The van der Waals surface area contributed by atoms with Gasteiger partial charge in [-0.15, -0.1) is 0 Å². The molecule has 1 fully saturated rings. The topological polar surface area (TPSA) is 35.5 Å². The van der Waals surface area contributed by atoms with Crippen LogP contribution in [0.25, 0.3) is 0 Å². The first-order chi connectivity index (χ1) is 6.22. The molecule has 0 spiro atoms. The molecule has 1 rings (SSSR count). The van der Waals surface area contributed by atoms with E-state index in [1.54, 1.807) is 7.11 Å². The Balaban J connectivity index is 2.38. The van der Waals surface area contributed by atoms with Crippen LogP contribution in [0.4, 0.5) is 0 Å². The predicted octanol–water partition coefficient (Wildman–Crippen LogP) is 1.12. The standard InChI is InChI=1S/C10H14O3/c1-12-9(11)5-3-6-10(13-2)7-4-8-10/h4,6-8H2,1-2H3. The van der Waals surface area contributed by atoms with Crippen molar-refractivity contribution >= 4 is 5.97 Å². The van der Waals surface area contributed by atoms with E-state index in [4.69, 9.17) is 4.74 Å². The van der Waals surface area contributed by atoms with Crippen molar-refractivity contribution in [2.45, 2.75) is 31.3 Å². The highest BCUT2D eigenvalue weighted by Crippen LogP contribution is 2.37. The van der Waals surface area contributed by atoms with Crippen LogP contribution in [0.15, 0.2) is 0 Å². The second kappa shape index (κ2) is 4.29. The molecule has 3 nitrogen and oxygen atoms in total. The van der Waals surface area contributed by atoms with Gasteiger partial charge in [0.2, 0.25) is 0 Å². The summed E-state index contributed by atoms with van der Waals surface area (Å²) in [6.45, 7) is 0. The van der Waals surface area contributed by atoms with Crippen LogP contribution in [0, 0.1) is 11.8 Å². The third-order valence-corrected chi connectivity index (χ3v) is 2.48. The molecule has 0 amide bonds. The maximum Gasteiger partial charge on any atom is 0.384 e. The second-order valence-electron chi connectivity index (χ2n) is 3.21. The molecule has 1 aliphatic rings. The summed E-state index contributed by atoms with van der Waals surface area (Å²) in [5.41, 5.74) is -0.0823.